The van der Waals surface area contributed by atoms with Crippen LogP contribution >= 0.6 is 24.0 Å². The van der Waals surface area contributed by atoms with Gasteiger partial charge in [-0.25, -0.2) is 4.99 Å². The van der Waals surface area contributed by atoms with Gasteiger partial charge >= 0.3 is 0 Å². The van der Waals surface area contributed by atoms with E-state index in [1.165, 1.54) is 0 Å². The molecular formula is C18H32IN3O4. The van der Waals surface area contributed by atoms with Gasteiger partial charge in [0.1, 0.15) is 0 Å². The standard InChI is InChI=1S/C18H31N3O4.HI/c1-8-19-17(21-12-18(2,3)25-7)20-11-13-9-10-14(22-4)16(24-6)15(13)23-5;/h9-10H,8,11-12H2,1-7H3,(H2,19,20,21);1H. The molecule has 26 heavy (non-hydrogen) atoms. The van der Waals surface area contributed by atoms with E-state index in [-0.39, 0.29) is 29.6 Å². The maximum atomic E-state index is 5.50. The molecule has 0 saturated heterocycles. The predicted octanol–water partition coefficient (Wildman–Crippen LogP) is 2.81. The summed E-state index contributed by atoms with van der Waals surface area (Å²) in [6, 6.07) is 3.77. The maximum Gasteiger partial charge on any atom is 0.203 e. The Morgan fingerprint density at radius 1 is 1.00 bits per heavy atom. The Morgan fingerprint density at radius 3 is 2.15 bits per heavy atom. The van der Waals surface area contributed by atoms with Crippen molar-refractivity contribution in [1.82, 2.24) is 10.6 Å². The molecule has 1 aromatic carbocycles. The van der Waals surface area contributed by atoms with Crippen LogP contribution in [0.2, 0.25) is 0 Å². The molecule has 1 rings (SSSR count). The van der Waals surface area contributed by atoms with Crippen LogP contribution in [0.1, 0.15) is 26.3 Å². The smallest absolute Gasteiger partial charge is 0.203 e. The zero-order valence-corrected chi connectivity index (χ0v) is 19.1. The van der Waals surface area contributed by atoms with E-state index in [1.54, 1.807) is 28.4 Å². The zero-order chi connectivity index (χ0) is 18.9. The molecule has 0 heterocycles. The second-order valence-corrected chi connectivity index (χ2v) is 6.01. The van der Waals surface area contributed by atoms with E-state index >= 15 is 0 Å². The number of benzene rings is 1. The predicted molar refractivity (Wildman–Crippen MR) is 115 cm³/mol. The molecule has 0 saturated carbocycles. The van der Waals surface area contributed by atoms with E-state index in [1.807, 2.05) is 32.9 Å². The van der Waals surface area contributed by atoms with Crippen molar-refractivity contribution in [3.05, 3.63) is 17.7 Å². The van der Waals surface area contributed by atoms with Crippen LogP contribution < -0.4 is 24.8 Å². The Labute approximate surface area is 173 Å². The molecule has 7 nitrogen and oxygen atoms in total. The van der Waals surface area contributed by atoms with Crippen molar-refractivity contribution in [2.24, 2.45) is 4.99 Å². The largest absolute Gasteiger partial charge is 0.493 e. The number of methoxy groups -OCH3 is 4. The highest BCUT2D eigenvalue weighted by Gasteiger charge is 2.18. The zero-order valence-electron chi connectivity index (χ0n) is 16.8. The van der Waals surface area contributed by atoms with Gasteiger partial charge in [-0.2, -0.15) is 0 Å². The molecule has 0 fully saturated rings. The first-order valence-corrected chi connectivity index (χ1v) is 8.27. The van der Waals surface area contributed by atoms with Gasteiger partial charge in [0.25, 0.3) is 0 Å². The van der Waals surface area contributed by atoms with Crippen molar-refractivity contribution in [2.75, 3.05) is 41.5 Å². The van der Waals surface area contributed by atoms with Crippen LogP contribution in [0.4, 0.5) is 0 Å². The summed E-state index contributed by atoms with van der Waals surface area (Å²) in [5.41, 5.74) is 0.625. The number of hydrogen-bond donors (Lipinski definition) is 2. The average Bonchev–Trinajstić information content (AvgIpc) is 2.62. The highest BCUT2D eigenvalue weighted by molar-refractivity contribution is 14.0. The van der Waals surface area contributed by atoms with Crippen LogP contribution in [0.15, 0.2) is 17.1 Å². The molecule has 0 amide bonds. The minimum absolute atomic E-state index is 0. The Kier molecular flexibility index (Phi) is 11.4. The molecular weight excluding hydrogens is 449 g/mol. The fourth-order valence-corrected chi connectivity index (χ4v) is 2.16. The molecule has 0 unspecified atom stereocenters. The van der Waals surface area contributed by atoms with E-state index in [4.69, 9.17) is 18.9 Å². The number of guanidine groups is 1. The van der Waals surface area contributed by atoms with Crippen molar-refractivity contribution < 1.29 is 18.9 Å². The Bertz CT molecular complexity index is 580. The number of hydrogen-bond acceptors (Lipinski definition) is 5. The van der Waals surface area contributed by atoms with Gasteiger partial charge in [0.2, 0.25) is 5.75 Å². The number of nitrogens with one attached hydrogen (secondary N) is 2. The molecule has 0 radical (unpaired) electrons. The van der Waals surface area contributed by atoms with Gasteiger partial charge in [-0.15, -0.1) is 24.0 Å². The molecule has 2 N–H and O–H groups in total. The molecule has 1 aromatic rings. The highest BCUT2D eigenvalue weighted by Crippen LogP contribution is 2.39. The van der Waals surface area contributed by atoms with Crippen molar-refractivity contribution in [3.63, 3.8) is 0 Å². The Balaban J connectivity index is 0.00000625. The van der Waals surface area contributed by atoms with Gasteiger partial charge < -0.3 is 29.6 Å². The second-order valence-electron chi connectivity index (χ2n) is 6.01. The van der Waals surface area contributed by atoms with E-state index in [0.29, 0.717) is 36.3 Å². The Morgan fingerprint density at radius 2 is 1.65 bits per heavy atom. The summed E-state index contributed by atoms with van der Waals surface area (Å²) in [6.45, 7) is 7.89. The summed E-state index contributed by atoms with van der Waals surface area (Å²) < 4.78 is 21.6. The third kappa shape index (κ3) is 7.06. The first-order valence-electron chi connectivity index (χ1n) is 8.27. The number of halogens is 1. The van der Waals surface area contributed by atoms with Crippen LogP contribution in [0, 0.1) is 0 Å². The number of rotatable bonds is 9. The van der Waals surface area contributed by atoms with Crippen molar-refractivity contribution in [3.8, 4) is 17.2 Å². The molecule has 0 aliphatic heterocycles. The fraction of sp³-hybridized carbons (Fsp3) is 0.611. The molecule has 8 heteroatoms. The monoisotopic (exact) mass is 481 g/mol. The lowest BCUT2D eigenvalue weighted by molar-refractivity contribution is 0.0268. The van der Waals surface area contributed by atoms with E-state index in [9.17, 15) is 0 Å². The first-order chi connectivity index (χ1) is 11.9. The van der Waals surface area contributed by atoms with Crippen molar-refractivity contribution in [1.29, 1.82) is 0 Å². The summed E-state index contributed by atoms with van der Waals surface area (Å²) in [4.78, 5) is 4.62. The normalized spacial score (nSPS) is 11.4. The topological polar surface area (TPSA) is 73.3 Å². The van der Waals surface area contributed by atoms with Gasteiger partial charge in [-0.1, -0.05) is 0 Å². The van der Waals surface area contributed by atoms with E-state index < -0.39 is 0 Å². The van der Waals surface area contributed by atoms with Crippen molar-refractivity contribution >= 4 is 29.9 Å². The quantitative estimate of drug-likeness (QED) is 0.321. The third-order valence-electron chi connectivity index (χ3n) is 3.77. The summed E-state index contributed by atoms with van der Waals surface area (Å²) in [7, 11) is 6.49. The van der Waals surface area contributed by atoms with Crippen LogP contribution in [0.5, 0.6) is 17.2 Å². The highest BCUT2D eigenvalue weighted by atomic mass is 127. The number of nitrogens with zero attached hydrogens (tertiary/aromatic N) is 1. The van der Waals surface area contributed by atoms with Crippen LogP contribution in [-0.2, 0) is 11.3 Å². The summed E-state index contributed by atoms with van der Waals surface area (Å²) in [6.07, 6.45) is 0. The SMILES string of the molecule is CCNC(=NCc1ccc(OC)c(OC)c1OC)NCC(C)(C)OC.I. The third-order valence-corrected chi connectivity index (χ3v) is 3.77. The van der Waals surface area contributed by atoms with Crippen LogP contribution in [0.3, 0.4) is 0 Å². The molecule has 0 atom stereocenters. The van der Waals surface area contributed by atoms with Gasteiger partial charge in [-0.3, -0.25) is 0 Å². The van der Waals surface area contributed by atoms with Gasteiger partial charge in [0, 0.05) is 25.8 Å². The molecule has 0 aliphatic carbocycles. The summed E-state index contributed by atoms with van der Waals surface area (Å²) >= 11 is 0. The lowest BCUT2D eigenvalue weighted by atomic mass is 10.1. The van der Waals surface area contributed by atoms with Crippen LogP contribution in [-0.4, -0.2) is 53.1 Å². The molecule has 0 aliphatic rings. The lowest BCUT2D eigenvalue weighted by Gasteiger charge is -2.24. The second kappa shape index (κ2) is 12.1. The maximum absolute atomic E-state index is 5.50. The van der Waals surface area contributed by atoms with E-state index in [0.717, 1.165) is 12.1 Å². The average molecular weight is 481 g/mol. The number of aliphatic imine (C=N–C) groups is 1. The minimum Gasteiger partial charge on any atom is -0.493 e. The lowest BCUT2D eigenvalue weighted by Crippen LogP contribution is -2.45. The minimum atomic E-state index is -0.281. The van der Waals surface area contributed by atoms with Gasteiger partial charge in [0.15, 0.2) is 17.5 Å². The summed E-state index contributed by atoms with van der Waals surface area (Å²) in [5, 5.41) is 6.51. The molecule has 150 valence electrons. The van der Waals surface area contributed by atoms with Gasteiger partial charge in [-0.05, 0) is 32.9 Å². The molecule has 0 bridgehead atoms. The fourth-order valence-electron chi connectivity index (χ4n) is 2.16. The molecule has 0 aromatic heterocycles. The van der Waals surface area contributed by atoms with Crippen LogP contribution in [0.25, 0.3) is 0 Å². The Hall–Kier alpha value is -1.42. The molecule has 0 spiro atoms. The first kappa shape index (κ1) is 24.6. The number of ether oxygens (including phenoxy) is 4. The van der Waals surface area contributed by atoms with E-state index in [2.05, 4.69) is 15.6 Å². The van der Waals surface area contributed by atoms with Gasteiger partial charge in [0.05, 0.1) is 33.5 Å². The summed E-state index contributed by atoms with van der Waals surface area (Å²) in [5.74, 6) is 2.53. The van der Waals surface area contributed by atoms with Crippen molar-refractivity contribution in [2.45, 2.75) is 32.9 Å².